The number of pyridine rings is 1. The van der Waals surface area contributed by atoms with Gasteiger partial charge >= 0.3 is 0 Å². The van der Waals surface area contributed by atoms with Gasteiger partial charge in [0.05, 0.1) is 0 Å². The number of anilines is 1. The number of para-hydroxylation sites is 1. The Kier molecular flexibility index (Phi) is 6.14. The van der Waals surface area contributed by atoms with Crippen molar-refractivity contribution in [3.63, 3.8) is 0 Å². The average Bonchev–Trinajstić information content (AvgIpc) is 2.67. The minimum Gasteiger partial charge on any atom is -0.867 e. The van der Waals surface area contributed by atoms with E-state index in [1.807, 2.05) is 100 Å². The van der Waals surface area contributed by atoms with Gasteiger partial charge in [-0.05, 0) is 74.3 Å². The summed E-state index contributed by atoms with van der Waals surface area (Å²) in [5.41, 5.74) is 7.46. The fraction of sp³-hybridized carbons (Fsp3) is 0.200. The van der Waals surface area contributed by atoms with Gasteiger partial charge in [-0.25, -0.2) is 0 Å². The van der Waals surface area contributed by atoms with Crippen LogP contribution in [0.5, 0.6) is 0 Å². The molecule has 0 fully saturated rings. The summed E-state index contributed by atoms with van der Waals surface area (Å²) in [6.45, 7) is 10.1. The van der Waals surface area contributed by atoms with E-state index < -0.39 is 0 Å². The molecule has 0 saturated carbocycles. The fourth-order valence-electron chi connectivity index (χ4n) is 3.27. The van der Waals surface area contributed by atoms with Crippen LogP contribution in [0.1, 0.15) is 33.4 Å². The lowest BCUT2D eigenvalue weighted by Crippen LogP contribution is -2.40. The monoisotopic (exact) mass is 402 g/mol. The lowest BCUT2D eigenvalue weighted by Gasteiger charge is -2.19. The zero-order chi connectivity index (χ0) is 21.1. The minimum absolute atomic E-state index is 0.104. The third kappa shape index (κ3) is 4.54. The van der Waals surface area contributed by atoms with E-state index in [1.165, 1.54) is 0 Å². The first-order valence-electron chi connectivity index (χ1n) is 9.62. The third-order valence-corrected chi connectivity index (χ3v) is 5.42. The maximum atomic E-state index is 13.5. The Bertz CT molecular complexity index is 1100. The Morgan fingerprint density at radius 3 is 2.17 bits per heavy atom. The molecule has 0 aliphatic heterocycles. The van der Waals surface area contributed by atoms with Gasteiger partial charge < -0.3 is 10.4 Å². The van der Waals surface area contributed by atoms with Gasteiger partial charge in [0.1, 0.15) is 0 Å². The molecule has 1 N–H and O–H groups in total. The summed E-state index contributed by atoms with van der Waals surface area (Å²) in [6, 6.07) is 15.8. The lowest BCUT2D eigenvalue weighted by molar-refractivity contribution is -0.578. The minimum atomic E-state index is -0.104. The van der Waals surface area contributed by atoms with Crippen LogP contribution in [0, 0.1) is 34.6 Å². The van der Waals surface area contributed by atoms with E-state index in [0.29, 0.717) is 16.2 Å². The number of aromatic nitrogens is 1. The van der Waals surface area contributed by atoms with Crippen molar-refractivity contribution in [2.45, 2.75) is 34.6 Å². The van der Waals surface area contributed by atoms with E-state index in [4.69, 9.17) is 12.2 Å². The highest BCUT2D eigenvalue weighted by Gasteiger charge is 2.20. The average molecular weight is 403 g/mol. The first-order valence-corrected chi connectivity index (χ1v) is 10.0. The second-order valence-corrected chi connectivity index (χ2v) is 7.89. The molecule has 3 nitrogen and oxygen atoms in total. The summed E-state index contributed by atoms with van der Waals surface area (Å²) >= 11 is 5.75. The summed E-state index contributed by atoms with van der Waals surface area (Å²) in [6.07, 6.45) is 3.78. The molecule has 148 valence electrons. The molecule has 3 aromatic rings. The van der Waals surface area contributed by atoms with Crippen LogP contribution in [0.25, 0.3) is 11.5 Å². The predicted octanol–water partition coefficient (Wildman–Crippen LogP) is 4.64. The van der Waals surface area contributed by atoms with Crippen molar-refractivity contribution in [3.8, 4) is 0 Å². The van der Waals surface area contributed by atoms with E-state index in [9.17, 15) is 5.11 Å². The number of hydrogen-bond donors (Lipinski definition) is 1. The summed E-state index contributed by atoms with van der Waals surface area (Å²) in [5, 5.41) is 16.9. The highest BCUT2D eigenvalue weighted by molar-refractivity contribution is 7.81. The number of hydrogen-bond acceptors (Lipinski definition) is 2. The van der Waals surface area contributed by atoms with Crippen LogP contribution in [-0.4, -0.2) is 4.99 Å². The Labute approximate surface area is 178 Å². The second-order valence-electron chi connectivity index (χ2n) is 7.49. The van der Waals surface area contributed by atoms with Gasteiger partial charge in [-0.15, -0.1) is 0 Å². The van der Waals surface area contributed by atoms with Gasteiger partial charge in [0.2, 0.25) is 5.70 Å². The quantitative estimate of drug-likeness (QED) is 0.299. The van der Waals surface area contributed by atoms with Crippen LogP contribution < -0.4 is 15.0 Å². The maximum absolute atomic E-state index is 13.5. The van der Waals surface area contributed by atoms with E-state index in [2.05, 4.69) is 5.32 Å². The van der Waals surface area contributed by atoms with Crippen molar-refractivity contribution >= 4 is 34.3 Å². The van der Waals surface area contributed by atoms with Gasteiger partial charge in [-0.3, -0.25) is 0 Å². The van der Waals surface area contributed by atoms with E-state index >= 15 is 0 Å². The second kappa shape index (κ2) is 8.58. The zero-order valence-corrected chi connectivity index (χ0v) is 18.4. The van der Waals surface area contributed by atoms with E-state index in [0.717, 1.165) is 33.5 Å². The first kappa shape index (κ1) is 20.7. The van der Waals surface area contributed by atoms with Crippen LogP contribution in [0.15, 0.2) is 60.9 Å². The molecular formula is C25H26N2OS. The van der Waals surface area contributed by atoms with Gasteiger partial charge in [-0.2, -0.15) is 4.57 Å². The third-order valence-electron chi connectivity index (χ3n) is 5.13. The molecule has 4 heteroatoms. The van der Waals surface area contributed by atoms with Gasteiger partial charge in [-0.1, -0.05) is 48.6 Å². The molecule has 2 aromatic carbocycles. The van der Waals surface area contributed by atoms with Crippen molar-refractivity contribution in [2.24, 2.45) is 0 Å². The molecule has 0 atom stereocenters. The normalized spacial score (nSPS) is 11.8. The van der Waals surface area contributed by atoms with Gasteiger partial charge in [0.15, 0.2) is 17.4 Å². The van der Waals surface area contributed by atoms with Crippen molar-refractivity contribution in [2.75, 3.05) is 5.32 Å². The Morgan fingerprint density at radius 1 is 0.862 bits per heavy atom. The van der Waals surface area contributed by atoms with Gasteiger partial charge in [0.25, 0.3) is 0 Å². The molecule has 0 amide bonds. The number of benzene rings is 2. The van der Waals surface area contributed by atoms with Crippen molar-refractivity contribution < 1.29 is 9.67 Å². The smallest absolute Gasteiger partial charge is 0.238 e. The molecular weight excluding hydrogens is 376 g/mol. The SMILES string of the molecule is Cc1ccc[n+](/C(C(=S)Nc2c(C)cccc2C)=C(/[O-])c2ccc(C)c(C)c2)c1. The highest BCUT2D eigenvalue weighted by atomic mass is 32.1. The van der Waals surface area contributed by atoms with Crippen LogP contribution in [0.3, 0.4) is 0 Å². The number of aryl methyl sites for hydroxylation is 5. The first-order chi connectivity index (χ1) is 13.8. The zero-order valence-electron chi connectivity index (χ0n) is 17.5. The highest BCUT2D eigenvalue weighted by Crippen LogP contribution is 2.23. The number of thiocarbonyl (C=S) groups is 1. The van der Waals surface area contributed by atoms with Crippen LogP contribution in [-0.2, 0) is 0 Å². The van der Waals surface area contributed by atoms with E-state index in [-0.39, 0.29) is 5.76 Å². The molecule has 29 heavy (non-hydrogen) atoms. The number of nitrogens with zero attached hydrogens (tertiary/aromatic N) is 1. The maximum Gasteiger partial charge on any atom is 0.238 e. The topological polar surface area (TPSA) is 39.0 Å². The summed E-state index contributed by atoms with van der Waals surface area (Å²) in [7, 11) is 0. The standard InChI is InChI=1S/C25H26N2OS/c1-16-8-7-13-27(15-16)23(24(28)21-12-11-17(2)20(5)14-21)25(29)26-22-18(3)9-6-10-19(22)4/h6-15H,1-5H3,(H-,26,28,29). The van der Waals surface area contributed by atoms with Crippen molar-refractivity contribution in [3.05, 3.63) is 94.3 Å². The Balaban J connectivity index is 2.15. The van der Waals surface area contributed by atoms with Crippen molar-refractivity contribution in [1.29, 1.82) is 0 Å². The Hall–Kier alpha value is -2.98. The van der Waals surface area contributed by atoms with Gasteiger partial charge in [0, 0.05) is 17.3 Å². The lowest BCUT2D eigenvalue weighted by atomic mass is 10.0. The molecule has 1 aromatic heterocycles. The van der Waals surface area contributed by atoms with E-state index in [1.54, 1.807) is 0 Å². The van der Waals surface area contributed by atoms with Crippen LogP contribution in [0.2, 0.25) is 0 Å². The molecule has 0 bridgehead atoms. The summed E-state index contributed by atoms with van der Waals surface area (Å²) < 4.78 is 1.82. The summed E-state index contributed by atoms with van der Waals surface area (Å²) in [5.74, 6) is -0.104. The summed E-state index contributed by atoms with van der Waals surface area (Å²) in [4.78, 5) is 0.404. The molecule has 0 radical (unpaired) electrons. The molecule has 0 spiro atoms. The molecule has 0 aliphatic carbocycles. The Morgan fingerprint density at radius 2 is 1.55 bits per heavy atom. The predicted molar refractivity (Wildman–Crippen MR) is 123 cm³/mol. The molecule has 3 rings (SSSR count). The van der Waals surface area contributed by atoms with Crippen molar-refractivity contribution in [1.82, 2.24) is 0 Å². The molecule has 1 heterocycles. The number of rotatable bonds is 4. The molecule has 0 aliphatic rings. The largest absolute Gasteiger partial charge is 0.867 e. The number of nitrogens with one attached hydrogen (secondary N) is 1. The van der Waals surface area contributed by atoms with Crippen LogP contribution in [0.4, 0.5) is 5.69 Å². The fourth-order valence-corrected chi connectivity index (χ4v) is 3.57. The molecule has 0 saturated heterocycles. The molecule has 0 unspecified atom stereocenters. The van der Waals surface area contributed by atoms with Crippen LogP contribution >= 0.6 is 12.2 Å².